The summed E-state index contributed by atoms with van der Waals surface area (Å²) in [6.07, 6.45) is 1.19. The molecule has 0 bridgehead atoms. The first-order valence-electron chi connectivity index (χ1n) is 7.96. The first-order chi connectivity index (χ1) is 13.8. The highest BCUT2D eigenvalue weighted by Crippen LogP contribution is 2.22. The molecule has 1 heterocycles. The van der Waals surface area contributed by atoms with Crippen LogP contribution in [-0.2, 0) is 6.54 Å². The third-order valence-electron chi connectivity index (χ3n) is 3.75. The van der Waals surface area contributed by atoms with E-state index in [4.69, 9.17) is 0 Å². The van der Waals surface area contributed by atoms with Crippen LogP contribution in [0.3, 0.4) is 0 Å². The summed E-state index contributed by atoms with van der Waals surface area (Å²) in [6.45, 7) is -3.80. The van der Waals surface area contributed by atoms with Crippen molar-refractivity contribution in [2.75, 3.05) is 5.32 Å². The van der Waals surface area contributed by atoms with Gasteiger partial charge in [-0.15, -0.1) is 0 Å². The molecule has 1 aromatic heterocycles. The molecule has 1 N–H and O–H groups in total. The fourth-order valence-corrected chi connectivity index (χ4v) is 2.48. The van der Waals surface area contributed by atoms with Crippen LogP contribution < -0.4 is 10.1 Å². The van der Waals surface area contributed by atoms with E-state index >= 15 is 0 Å². The number of para-hydroxylation sites is 1. The molecule has 1 amide bonds. The summed E-state index contributed by atoms with van der Waals surface area (Å²) < 4.78 is 84.1. The fraction of sp³-hybridized carbons (Fsp3) is 0.111. The summed E-state index contributed by atoms with van der Waals surface area (Å²) in [7, 11) is 0. The second-order valence-electron chi connectivity index (χ2n) is 5.67. The van der Waals surface area contributed by atoms with Gasteiger partial charge in [0, 0.05) is 18.3 Å². The van der Waals surface area contributed by atoms with Gasteiger partial charge in [-0.2, -0.15) is 13.9 Å². The van der Waals surface area contributed by atoms with Crippen molar-refractivity contribution in [3.8, 4) is 5.75 Å². The van der Waals surface area contributed by atoms with Crippen LogP contribution >= 0.6 is 0 Å². The maximum absolute atomic E-state index is 13.7. The van der Waals surface area contributed by atoms with Crippen LogP contribution in [0.1, 0.15) is 15.9 Å². The number of carbonyl (C=O) groups excluding carboxylic acids is 1. The SMILES string of the molecule is O=C(Nc1ccn(Cc2c(F)c(F)cc(F)c2F)n1)c1ccccc1OC(F)F. The quantitative estimate of drug-likeness (QED) is 0.481. The molecule has 0 saturated heterocycles. The Morgan fingerprint density at radius 1 is 1.07 bits per heavy atom. The molecular formula is C18H11F6N3O2. The van der Waals surface area contributed by atoms with E-state index in [1.54, 1.807) is 0 Å². The average Bonchev–Trinajstić information content (AvgIpc) is 3.10. The van der Waals surface area contributed by atoms with Gasteiger partial charge in [0.2, 0.25) is 0 Å². The van der Waals surface area contributed by atoms with Gasteiger partial charge in [-0.25, -0.2) is 17.6 Å². The summed E-state index contributed by atoms with van der Waals surface area (Å²) in [5.74, 6) is -7.55. The molecule has 152 valence electrons. The Bertz CT molecular complexity index is 1030. The van der Waals surface area contributed by atoms with Gasteiger partial charge in [-0.05, 0) is 12.1 Å². The van der Waals surface area contributed by atoms with Crippen molar-refractivity contribution in [3.05, 3.63) is 77.0 Å². The van der Waals surface area contributed by atoms with Gasteiger partial charge in [0.15, 0.2) is 29.1 Å². The Morgan fingerprint density at radius 3 is 2.38 bits per heavy atom. The molecular weight excluding hydrogens is 404 g/mol. The van der Waals surface area contributed by atoms with Crippen LogP contribution in [0.25, 0.3) is 0 Å². The number of ether oxygens (including phenoxy) is 1. The zero-order valence-corrected chi connectivity index (χ0v) is 14.3. The van der Waals surface area contributed by atoms with Crippen LogP contribution in [0, 0.1) is 23.3 Å². The number of benzene rings is 2. The van der Waals surface area contributed by atoms with E-state index in [2.05, 4.69) is 15.2 Å². The minimum absolute atomic E-state index is 0.0851. The lowest BCUT2D eigenvalue weighted by Gasteiger charge is -2.10. The molecule has 0 aliphatic heterocycles. The summed E-state index contributed by atoms with van der Waals surface area (Å²) in [5.41, 5.74) is -1.09. The molecule has 0 aliphatic carbocycles. The molecule has 3 aromatic rings. The van der Waals surface area contributed by atoms with Crippen molar-refractivity contribution in [3.63, 3.8) is 0 Å². The summed E-state index contributed by atoms with van der Waals surface area (Å²) in [5, 5.41) is 6.12. The topological polar surface area (TPSA) is 56.2 Å². The minimum atomic E-state index is -3.14. The maximum atomic E-state index is 13.7. The van der Waals surface area contributed by atoms with E-state index < -0.39 is 47.9 Å². The van der Waals surface area contributed by atoms with E-state index in [0.29, 0.717) is 0 Å². The van der Waals surface area contributed by atoms with Crippen LogP contribution in [0.4, 0.5) is 32.2 Å². The van der Waals surface area contributed by atoms with E-state index in [1.165, 1.54) is 36.5 Å². The van der Waals surface area contributed by atoms with Crippen molar-refractivity contribution in [2.45, 2.75) is 13.2 Å². The largest absolute Gasteiger partial charge is 0.434 e. The van der Waals surface area contributed by atoms with Gasteiger partial charge >= 0.3 is 6.61 Å². The zero-order valence-electron chi connectivity index (χ0n) is 14.3. The number of nitrogens with one attached hydrogen (secondary N) is 1. The van der Waals surface area contributed by atoms with Crippen LogP contribution in [-0.4, -0.2) is 22.3 Å². The number of aromatic nitrogens is 2. The lowest BCUT2D eigenvalue weighted by molar-refractivity contribution is -0.0501. The summed E-state index contributed by atoms with van der Waals surface area (Å²) in [6, 6.07) is 6.55. The lowest BCUT2D eigenvalue weighted by Crippen LogP contribution is -2.16. The highest BCUT2D eigenvalue weighted by atomic mass is 19.3. The van der Waals surface area contributed by atoms with Crippen molar-refractivity contribution < 1.29 is 35.9 Å². The van der Waals surface area contributed by atoms with Crippen molar-refractivity contribution in [1.29, 1.82) is 0 Å². The molecule has 0 unspecified atom stereocenters. The third-order valence-corrected chi connectivity index (χ3v) is 3.75. The monoisotopic (exact) mass is 415 g/mol. The molecule has 11 heteroatoms. The Kier molecular flexibility index (Phi) is 5.76. The standard InChI is InChI=1S/C18H11F6N3O2/c19-11-7-12(20)16(22)10(15(11)21)8-27-6-5-14(26-27)25-17(28)9-3-1-2-4-13(9)29-18(23)24/h1-7,18H,8H2,(H,25,26,28). The second kappa shape index (κ2) is 8.25. The van der Waals surface area contributed by atoms with Crippen molar-refractivity contribution in [2.24, 2.45) is 0 Å². The predicted molar refractivity (Wildman–Crippen MR) is 88.6 cm³/mol. The van der Waals surface area contributed by atoms with E-state index in [-0.39, 0.29) is 23.2 Å². The second-order valence-corrected chi connectivity index (χ2v) is 5.67. The zero-order chi connectivity index (χ0) is 21.1. The molecule has 0 fully saturated rings. The smallest absolute Gasteiger partial charge is 0.387 e. The number of rotatable bonds is 6. The van der Waals surface area contributed by atoms with Crippen molar-refractivity contribution in [1.82, 2.24) is 9.78 Å². The summed E-state index contributed by atoms with van der Waals surface area (Å²) in [4.78, 5) is 12.3. The molecule has 5 nitrogen and oxygen atoms in total. The first-order valence-corrected chi connectivity index (χ1v) is 7.96. The third kappa shape index (κ3) is 4.50. The van der Waals surface area contributed by atoms with Crippen LogP contribution in [0.15, 0.2) is 42.6 Å². The highest BCUT2D eigenvalue weighted by molar-refractivity contribution is 6.05. The van der Waals surface area contributed by atoms with E-state index in [1.807, 2.05) is 0 Å². The molecule has 0 radical (unpaired) electrons. The lowest BCUT2D eigenvalue weighted by atomic mass is 10.2. The number of nitrogens with zero attached hydrogens (tertiary/aromatic N) is 2. The Morgan fingerprint density at radius 2 is 1.72 bits per heavy atom. The Hall–Kier alpha value is -3.50. The maximum Gasteiger partial charge on any atom is 0.387 e. The van der Waals surface area contributed by atoms with Gasteiger partial charge in [0.1, 0.15) is 5.75 Å². The molecule has 2 aromatic carbocycles. The number of hydrogen-bond acceptors (Lipinski definition) is 3. The van der Waals surface area contributed by atoms with E-state index in [0.717, 1.165) is 4.68 Å². The first kappa shape index (κ1) is 20.2. The molecule has 0 spiro atoms. The number of alkyl halides is 2. The molecule has 3 rings (SSSR count). The minimum Gasteiger partial charge on any atom is -0.434 e. The van der Waals surface area contributed by atoms with Crippen LogP contribution in [0.2, 0.25) is 0 Å². The Balaban J connectivity index is 1.78. The normalized spacial score (nSPS) is 11.0. The van der Waals surface area contributed by atoms with E-state index in [9.17, 15) is 31.1 Å². The number of carbonyl (C=O) groups is 1. The Labute approximate surface area is 159 Å². The number of halogens is 6. The molecule has 29 heavy (non-hydrogen) atoms. The highest BCUT2D eigenvalue weighted by Gasteiger charge is 2.20. The molecule has 0 atom stereocenters. The van der Waals surface area contributed by atoms with Gasteiger partial charge in [0.25, 0.3) is 5.91 Å². The number of hydrogen-bond donors (Lipinski definition) is 1. The van der Waals surface area contributed by atoms with Crippen molar-refractivity contribution >= 4 is 11.7 Å². The number of anilines is 1. The predicted octanol–water partition coefficient (Wildman–Crippen LogP) is 4.34. The van der Waals surface area contributed by atoms with Gasteiger partial charge in [-0.1, -0.05) is 12.1 Å². The molecule has 0 aliphatic rings. The fourth-order valence-electron chi connectivity index (χ4n) is 2.48. The van der Waals surface area contributed by atoms with Gasteiger partial charge in [0.05, 0.1) is 17.7 Å². The number of amides is 1. The average molecular weight is 415 g/mol. The summed E-state index contributed by atoms with van der Waals surface area (Å²) >= 11 is 0. The van der Waals surface area contributed by atoms with Gasteiger partial charge < -0.3 is 10.1 Å². The van der Waals surface area contributed by atoms with Gasteiger partial charge in [-0.3, -0.25) is 9.48 Å². The molecule has 0 saturated carbocycles. The van der Waals surface area contributed by atoms with Crippen LogP contribution in [0.5, 0.6) is 5.75 Å².